The van der Waals surface area contributed by atoms with Crippen molar-refractivity contribution in [2.24, 2.45) is 0 Å². The fourth-order valence-electron chi connectivity index (χ4n) is 9.59. The van der Waals surface area contributed by atoms with Crippen molar-refractivity contribution < 1.29 is 136 Å². The van der Waals surface area contributed by atoms with Gasteiger partial charge in [0.05, 0.1) is 109 Å². The maximum Gasteiger partial charge on any atom is 0.242 e. The highest BCUT2D eigenvalue weighted by Crippen LogP contribution is 2.26. The molecule has 16 unspecified atom stereocenters. The van der Waals surface area contributed by atoms with Gasteiger partial charge in [0, 0.05) is 59.7 Å². The fourth-order valence-corrected chi connectivity index (χ4v) is 9.59. The summed E-state index contributed by atoms with van der Waals surface area (Å²) in [6, 6.07) is -5.03. The molecule has 96 heavy (non-hydrogen) atoms. The molecule has 2 fully saturated rings. The van der Waals surface area contributed by atoms with Crippen LogP contribution in [0.1, 0.15) is 115 Å². The summed E-state index contributed by atoms with van der Waals surface area (Å²) in [5, 5.41) is 111. The van der Waals surface area contributed by atoms with Crippen LogP contribution < -0.4 is 42.5 Å². The third-order valence-corrected chi connectivity index (χ3v) is 14.3. The first-order valence-electron chi connectivity index (χ1n) is 32.1. The average molecular weight is 1390 g/mol. The molecular weight excluding hydrogens is 1280 g/mol. The number of hydrogen-bond donors (Lipinski definition) is 17. The van der Waals surface area contributed by atoms with Crippen molar-refractivity contribution in [1.29, 1.82) is 0 Å². The van der Waals surface area contributed by atoms with E-state index in [9.17, 15) is 84.3 Å². The van der Waals surface area contributed by atoms with Crippen molar-refractivity contribution in [3.63, 3.8) is 0 Å². The Bertz CT molecular complexity index is 2320. The number of carbonyl (C=O) groups excluding carboxylic acids is 8. The largest absolute Gasteiger partial charge is 0.394 e. The molecule has 16 atom stereocenters. The molecule has 2 aliphatic rings. The first-order valence-corrected chi connectivity index (χ1v) is 32.1. The molecule has 0 aliphatic carbocycles. The first-order chi connectivity index (χ1) is 45.0. The Morgan fingerprint density at radius 1 is 0.521 bits per heavy atom. The number of amides is 8. The lowest BCUT2D eigenvalue weighted by Crippen LogP contribution is -2.64. The minimum absolute atomic E-state index is 0.0226. The molecule has 0 radical (unpaired) electrons. The Morgan fingerprint density at radius 3 is 1.38 bits per heavy atom. The summed E-state index contributed by atoms with van der Waals surface area (Å²) >= 11 is 0. The van der Waals surface area contributed by atoms with E-state index in [1.54, 1.807) is 13.8 Å². The predicted octanol–water partition coefficient (Wildman–Crippen LogP) is -6.44. The maximum absolute atomic E-state index is 13.8. The lowest BCUT2D eigenvalue weighted by atomic mass is 9.97. The molecule has 558 valence electrons. The second-order valence-electron chi connectivity index (χ2n) is 25.2. The molecule has 2 rings (SSSR count). The second kappa shape index (κ2) is 44.9. The van der Waals surface area contributed by atoms with E-state index in [-0.39, 0.29) is 118 Å². The van der Waals surface area contributed by atoms with Gasteiger partial charge in [-0.3, -0.25) is 38.4 Å². The van der Waals surface area contributed by atoms with Crippen LogP contribution >= 0.6 is 0 Å². The Balaban J connectivity index is 2.19. The third-order valence-electron chi connectivity index (χ3n) is 14.3. The average Bonchev–Trinajstić information content (AvgIpc) is 0.828. The number of nitrogens with one attached hydrogen (secondary N) is 8. The van der Waals surface area contributed by atoms with Crippen LogP contribution in [-0.4, -0.2) is 314 Å². The van der Waals surface area contributed by atoms with Gasteiger partial charge in [-0.2, -0.15) is 0 Å². The van der Waals surface area contributed by atoms with Crippen LogP contribution in [0, 0.1) is 0 Å². The molecule has 17 N–H and O–H groups in total. The van der Waals surface area contributed by atoms with Crippen molar-refractivity contribution in [2.75, 3.05) is 106 Å². The summed E-state index contributed by atoms with van der Waals surface area (Å²) in [7, 11) is 0. The summed E-state index contributed by atoms with van der Waals surface area (Å²) in [6.45, 7) is 14.8. The van der Waals surface area contributed by atoms with Crippen LogP contribution in [0.3, 0.4) is 0 Å². The molecule has 0 spiro atoms. The molecule has 0 saturated carbocycles. The number of carbonyl (C=O) groups is 8. The molecule has 36 heteroatoms. The normalized spacial score (nSPS) is 23.5. The van der Waals surface area contributed by atoms with Crippen LogP contribution in [0.25, 0.3) is 0 Å². The van der Waals surface area contributed by atoms with Crippen molar-refractivity contribution in [1.82, 2.24) is 42.5 Å². The number of rotatable bonds is 48. The SMILES string of the molecule is CC(=O)NC(O)C(OCCOCCNC(=O)C(CCC(=O)NC(CCC(=O)NCCOCCOC1OC(CO)C(O)C(O)C1NC(C)=O)C(=O)NCCOCCOC1OC(CO)C(O)C(O)C1NC(C)=O)NC(=O)CCC(C)(C)OCC(C)(C)OC(C)(C)C)OC(CO)C(C)O. The fraction of sp³-hybridized carbons (Fsp3) is 0.867. The molecule has 8 amide bonds. The third kappa shape index (κ3) is 35.1. The van der Waals surface area contributed by atoms with Gasteiger partial charge in [0.2, 0.25) is 53.5 Å². The molecule has 0 bridgehead atoms. The Labute approximate surface area is 559 Å². The molecule has 0 aromatic heterocycles. The molecule has 2 saturated heterocycles. The van der Waals surface area contributed by atoms with Gasteiger partial charge in [-0.15, -0.1) is 0 Å². The zero-order valence-electron chi connectivity index (χ0n) is 57.1. The van der Waals surface area contributed by atoms with Crippen LogP contribution in [0.15, 0.2) is 0 Å². The van der Waals surface area contributed by atoms with E-state index in [4.69, 9.17) is 52.1 Å². The van der Waals surface area contributed by atoms with E-state index in [0.717, 1.165) is 6.92 Å². The van der Waals surface area contributed by atoms with Crippen LogP contribution in [0.2, 0.25) is 0 Å². The highest BCUT2D eigenvalue weighted by Gasteiger charge is 2.47. The Hall–Kier alpha value is -5.04. The van der Waals surface area contributed by atoms with E-state index < -0.39 is 188 Å². The van der Waals surface area contributed by atoms with E-state index in [1.807, 2.05) is 34.6 Å². The van der Waals surface area contributed by atoms with E-state index >= 15 is 0 Å². The van der Waals surface area contributed by atoms with Crippen molar-refractivity contribution in [3.8, 4) is 0 Å². The highest BCUT2D eigenvalue weighted by molar-refractivity contribution is 5.90. The molecule has 36 nitrogen and oxygen atoms in total. The zero-order chi connectivity index (χ0) is 72.3. The van der Waals surface area contributed by atoms with Gasteiger partial charge >= 0.3 is 0 Å². The first kappa shape index (κ1) is 87.0. The van der Waals surface area contributed by atoms with Crippen LogP contribution in [-0.2, 0) is 90.5 Å². The van der Waals surface area contributed by atoms with Crippen molar-refractivity contribution >= 4 is 47.3 Å². The smallest absolute Gasteiger partial charge is 0.242 e. The minimum Gasteiger partial charge on any atom is -0.394 e. The van der Waals surface area contributed by atoms with Gasteiger partial charge in [-0.1, -0.05) is 0 Å². The lowest BCUT2D eigenvalue weighted by molar-refractivity contribution is -0.272. The number of hydrogen-bond acceptors (Lipinski definition) is 28. The Morgan fingerprint density at radius 2 is 0.958 bits per heavy atom. The van der Waals surface area contributed by atoms with Gasteiger partial charge in [0.1, 0.15) is 66.9 Å². The number of aliphatic hydroxyl groups is 9. The van der Waals surface area contributed by atoms with Gasteiger partial charge in [-0.05, 0) is 74.7 Å². The van der Waals surface area contributed by atoms with Gasteiger partial charge in [0.25, 0.3) is 0 Å². The van der Waals surface area contributed by atoms with E-state index in [1.165, 1.54) is 20.8 Å². The lowest BCUT2D eigenvalue weighted by Gasteiger charge is -2.42. The van der Waals surface area contributed by atoms with Crippen LogP contribution in [0.4, 0.5) is 0 Å². The van der Waals surface area contributed by atoms with E-state index in [2.05, 4.69) is 42.5 Å². The highest BCUT2D eigenvalue weighted by atomic mass is 16.7. The van der Waals surface area contributed by atoms with Gasteiger partial charge in [0.15, 0.2) is 18.8 Å². The summed E-state index contributed by atoms with van der Waals surface area (Å²) in [5.41, 5.74) is -1.97. The quantitative estimate of drug-likeness (QED) is 0.0199. The Kier molecular flexibility index (Phi) is 40.7. The number of ether oxygens (including phenoxy) is 11. The second-order valence-corrected chi connectivity index (χ2v) is 25.2. The minimum atomic E-state index is -1.69. The summed E-state index contributed by atoms with van der Waals surface area (Å²) < 4.78 is 62.4. The summed E-state index contributed by atoms with van der Waals surface area (Å²) in [4.78, 5) is 103. The monoisotopic (exact) mass is 1390 g/mol. The topological polar surface area (TPSA) is 516 Å². The molecule has 0 aromatic rings. The summed E-state index contributed by atoms with van der Waals surface area (Å²) in [6.07, 6.45) is -17.8. The molecule has 2 aliphatic heterocycles. The standard InChI is InChI=1S/C60H110N8O28/c1-34(72)40(30-69)93-57(54(85)66-37(4)75)91-29-26-88-23-20-63-53(84)39(68-45(78)16-17-59(8,9)92-33-60(10,11)96-58(5,6)7)13-15-44(77)67-38(52(83)62-19-22-87-25-28-90-56-47(65-36(3)74)51(82)49(80)42(32-71)95-56)12-14-43(76)61-18-21-86-24-27-89-55-46(64-35(2)73)50(81)48(79)41(31-70)94-55/h34,38-42,46-51,54-57,69-72,79-82,85H,12-33H2,1-11H3,(H,61,76)(H,62,83)(H,63,84)(H,64,73)(H,65,74)(H,66,75)(H,67,77)(H,68,78). The number of aliphatic hydroxyl groups excluding tert-OH is 9. The van der Waals surface area contributed by atoms with Gasteiger partial charge < -0.3 is 141 Å². The predicted molar refractivity (Wildman–Crippen MR) is 334 cm³/mol. The van der Waals surface area contributed by atoms with Crippen molar-refractivity contribution in [3.05, 3.63) is 0 Å². The van der Waals surface area contributed by atoms with Crippen molar-refractivity contribution in [2.45, 2.75) is 230 Å². The van der Waals surface area contributed by atoms with E-state index in [0.29, 0.717) is 0 Å². The molecule has 2 heterocycles. The molecular formula is C60H110N8O28. The summed E-state index contributed by atoms with van der Waals surface area (Å²) in [5.74, 6) is -5.03. The van der Waals surface area contributed by atoms with Gasteiger partial charge in [-0.25, -0.2) is 0 Å². The maximum atomic E-state index is 13.8. The zero-order valence-corrected chi connectivity index (χ0v) is 57.1. The molecule has 0 aromatic carbocycles. The van der Waals surface area contributed by atoms with Crippen LogP contribution in [0.5, 0.6) is 0 Å².